The molecule has 13 heteroatoms. The van der Waals surface area contributed by atoms with E-state index in [0.717, 1.165) is 24.8 Å². The maximum atomic E-state index is 13.3. The van der Waals surface area contributed by atoms with E-state index in [9.17, 15) is 27.9 Å². The van der Waals surface area contributed by atoms with Gasteiger partial charge in [-0.15, -0.1) is 0 Å². The standard InChI is InChI=1S/C21H23F3N6O4/c1-19(2,21(22,23)24)14-6-15(26-34-14)30(18(32)33)12-7-20(8-12)10-28(11-20)17(31)13-9-25-29-5-4-27(3)16(13)29/h4-6,9,12H,7-8,10-11H2,1-3H3,(H,32,33). The molecule has 1 aliphatic carbocycles. The van der Waals surface area contributed by atoms with Crippen molar-refractivity contribution in [2.24, 2.45) is 12.5 Å². The van der Waals surface area contributed by atoms with Crippen molar-refractivity contribution >= 4 is 23.5 Å². The SMILES string of the molecule is Cn1ccn2ncc(C(=O)N3CC4(CC(N(C(=O)O)c5cc(C(C)(C)C(F)(F)F)on5)C4)C3)c12. The van der Waals surface area contributed by atoms with Crippen LogP contribution in [0.5, 0.6) is 0 Å². The minimum Gasteiger partial charge on any atom is -0.465 e. The third-order valence-corrected chi connectivity index (χ3v) is 7.08. The Labute approximate surface area is 191 Å². The molecule has 2 aliphatic rings. The number of alkyl halides is 3. The number of halogens is 3. The fourth-order valence-electron chi connectivity index (χ4n) is 4.91. The van der Waals surface area contributed by atoms with Crippen molar-refractivity contribution in [2.75, 3.05) is 18.0 Å². The second kappa shape index (κ2) is 7.00. The second-order valence-corrected chi connectivity index (χ2v) is 9.78. The summed E-state index contributed by atoms with van der Waals surface area (Å²) in [5, 5.41) is 17.5. The molecule has 34 heavy (non-hydrogen) atoms. The zero-order valence-electron chi connectivity index (χ0n) is 18.7. The molecule has 0 atom stereocenters. The number of hydrogen-bond donors (Lipinski definition) is 1. The highest BCUT2D eigenvalue weighted by Gasteiger charge is 2.57. The number of nitrogens with zero attached hydrogens (tertiary/aromatic N) is 6. The molecule has 0 aromatic carbocycles. The molecule has 2 fully saturated rings. The number of carbonyl (C=O) groups excluding carboxylic acids is 1. The van der Waals surface area contributed by atoms with Crippen LogP contribution >= 0.6 is 0 Å². The van der Waals surface area contributed by atoms with E-state index in [0.29, 0.717) is 37.1 Å². The van der Waals surface area contributed by atoms with Crippen molar-refractivity contribution in [3.8, 4) is 0 Å². The summed E-state index contributed by atoms with van der Waals surface area (Å²) in [7, 11) is 1.83. The zero-order chi connectivity index (χ0) is 24.6. The van der Waals surface area contributed by atoms with Gasteiger partial charge in [-0.2, -0.15) is 18.3 Å². The maximum Gasteiger partial charge on any atom is 0.413 e. The van der Waals surface area contributed by atoms with Crippen LogP contribution in [0.15, 0.2) is 29.2 Å². The molecule has 1 spiro atoms. The quantitative estimate of drug-likeness (QED) is 0.614. The van der Waals surface area contributed by atoms with Gasteiger partial charge < -0.3 is 19.1 Å². The van der Waals surface area contributed by atoms with Crippen molar-refractivity contribution in [2.45, 2.75) is 44.3 Å². The van der Waals surface area contributed by atoms with Gasteiger partial charge in [-0.1, -0.05) is 5.16 Å². The molecule has 3 aromatic rings. The zero-order valence-corrected chi connectivity index (χ0v) is 18.7. The number of aryl methyl sites for hydroxylation is 1. The van der Waals surface area contributed by atoms with Gasteiger partial charge in [-0.05, 0) is 26.7 Å². The lowest BCUT2D eigenvalue weighted by atomic mass is 9.60. The Bertz CT molecular complexity index is 1280. The first-order valence-electron chi connectivity index (χ1n) is 10.7. The molecule has 1 aliphatic heterocycles. The Kier molecular flexibility index (Phi) is 4.59. The van der Waals surface area contributed by atoms with Crippen molar-refractivity contribution in [1.82, 2.24) is 24.2 Å². The van der Waals surface area contributed by atoms with E-state index < -0.39 is 29.5 Å². The van der Waals surface area contributed by atoms with E-state index in [-0.39, 0.29) is 17.1 Å². The average Bonchev–Trinajstić information content (AvgIpc) is 3.39. The molecular weight excluding hydrogens is 457 g/mol. The number of likely N-dealkylation sites (tertiary alicyclic amines) is 1. The fraction of sp³-hybridized carbons (Fsp3) is 0.524. The smallest absolute Gasteiger partial charge is 0.413 e. The highest BCUT2D eigenvalue weighted by molar-refractivity contribution is 6.00. The van der Waals surface area contributed by atoms with Gasteiger partial charge in [0.2, 0.25) is 0 Å². The van der Waals surface area contributed by atoms with Gasteiger partial charge in [0.05, 0.1) is 6.20 Å². The predicted octanol–water partition coefficient (Wildman–Crippen LogP) is 3.29. The van der Waals surface area contributed by atoms with Crippen LogP contribution in [0.25, 0.3) is 5.65 Å². The molecule has 0 unspecified atom stereocenters. The van der Waals surface area contributed by atoms with E-state index in [1.807, 2.05) is 11.6 Å². The summed E-state index contributed by atoms with van der Waals surface area (Å²) >= 11 is 0. The van der Waals surface area contributed by atoms with Gasteiger partial charge in [0.25, 0.3) is 5.91 Å². The van der Waals surface area contributed by atoms with Crippen molar-refractivity contribution in [3.63, 3.8) is 0 Å². The topological polar surface area (TPSA) is 109 Å². The fourth-order valence-corrected chi connectivity index (χ4v) is 4.91. The highest BCUT2D eigenvalue weighted by atomic mass is 19.4. The molecule has 1 saturated heterocycles. The average molecular weight is 480 g/mol. The van der Waals surface area contributed by atoms with E-state index in [4.69, 9.17) is 4.52 Å². The Balaban J connectivity index is 1.26. The second-order valence-electron chi connectivity index (χ2n) is 9.78. The molecular formula is C21H23F3N6O4. The lowest BCUT2D eigenvalue weighted by Crippen LogP contribution is -2.68. The summed E-state index contributed by atoms with van der Waals surface area (Å²) in [6.45, 7) is 2.85. The van der Waals surface area contributed by atoms with Gasteiger partial charge in [0.15, 0.2) is 11.6 Å². The monoisotopic (exact) mass is 480 g/mol. The van der Waals surface area contributed by atoms with Crippen LogP contribution in [0.1, 0.15) is 42.8 Å². The van der Waals surface area contributed by atoms with E-state index >= 15 is 0 Å². The number of anilines is 1. The molecule has 1 saturated carbocycles. The first-order chi connectivity index (χ1) is 15.8. The van der Waals surface area contributed by atoms with Crippen LogP contribution in [0, 0.1) is 5.41 Å². The van der Waals surface area contributed by atoms with Crippen molar-refractivity contribution in [3.05, 3.63) is 36.0 Å². The number of amides is 2. The molecule has 4 heterocycles. The Morgan fingerprint density at radius 3 is 2.53 bits per heavy atom. The third kappa shape index (κ3) is 3.16. The van der Waals surface area contributed by atoms with Crippen molar-refractivity contribution in [1.29, 1.82) is 0 Å². The Hall–Kier alpha value is -3.51. The number of carboxylic acid groups (broad SMARTS) is 1. The van der Waals surface area contributed by atoms with Gasteiger partial charge in [-0.3, -0.25) is 9.69 Å². The Morgan fingerprint density at radius 1 is 1.24 bits per heavy atom. The number of aromatic nitrogens is 4. The first-order valence-corrected chi connectivity index (χ1v) is 10.7. The normalized spacial score (nSPS) is 18.2. The van der Waals surface area contributed by atoms with E-state index in [1.165, 1.54) is 6.20 Å². The lowest BCUT2D eigenvalue weighted by Gasteiger charge is -2.60. The van der Waals surface area contributed by atoms with E-state index in [1.54, 1.807) is 21.8 Å². The van der Waals surface area contributed by atoms with Gasteiger partial charge >= 0.3 is 12.3 Å². The molecule has 10 nitrogen and oxygen atoms in total. The minimum atomic E-state index is -4.58. The summed E-state index contributed by atoms with van der Waals surface area (Å²) in [6.07, 6.45) is 0.139. The number of carbonyl (C=O) groups is 2. The van der Waals surface area contributed by atoms with E-state index in [2.05, 4.69) is 10.3 Å². The summed E-state index contributed by atoms with van der Waals surface area (Å²) in [6, 6.07) is 0.575. The van der Waals surface area contributed by atoms with Crippen LogP contribution in [0.2, 0.25) is 0 Å². The predicted molar refractivity (Wildman–Crippen MR) is 112 cm³/mol. The summed E-state index contributed by atoms with van der Waals surface area (Å²) in [5.41, 5.74) is -1.34. The molecule has 1 N–H and O–H groups in total. The number of fused-ring (bicyclic) bond motifs is 1. The van der Waals surface area contributed by atoms with Crippen LogP contribution in [0.3, 0.4) is 0 Å². The van der Waals surface area contributed by atoms with Crippen LogP contribution in [0.4, 0.5) is 23.8 Å². The molecule has 2 amide bonds. The van der Waals surface area contributed by atoms with Gasteiger partial charge in [0.1, 0.15) is 16.6 Å². The van der Waals surface area contributed by atoms with Crippen molar-refractivity contribution < 1.29 is 32.4 Å². The largest absolute Gasteiger partial charge is 0.465 e. The summed E-state index contributed by atoms with van der Waals surface area (Å²) in [4.78, 5) is 27.5. The van der Waals surface area contributed by atoms with Crippen LogP contribution < -0.4 is 4.90 Å². The van der Waals surface area contributed by atoms with Gasteiger partial charge in [-0.25, -0.2) is 9.31 Å². The number of imidazole rings is 1. The minimum absolute atomic E-state index is 0.142. The molecule has 0 radical (unpaired) electrons. The Morgan fingerprint density at radius 2 is 1.91 bits per heavy atom. The molecule has 5 rings (SSSR count). The van der Waals surface area contributed by atoms with Gasteiger partial charge in [0, 0.05) is 50.1 Å². The molecule has 0 bridgehead atoms. The summed E-state index contributed by atoms with van der Waals surface area (Å²) < 4.78 is 48.3. The number of rotatable bonds is 4. The first kappa shape index (κ1) is 22.3. The molecule has 182 valence electrons. The third-order valence-electron chi connectivity index (χ3n) is 7.08. The summed E-state index contributed by atoms with van der Waals surface area (Å²) in [5.74, 6) is -0.765. The number of hydrogen-bond acceptors (Lipinski definition) is 5. The van der Waals surface area contributed by atoms with Crippen LogP contribution in [-0.4, -0.2) is 66.7 Å². The molecule has 3 aromatic heterocycles. The maximum absolute atomic E-state index is 13.3. The van der Waals surface area contributed by atoms with Crippen LogP contribution in [-0.2, 0) is 12.5 Å². The highest BCUT2D eigenvalue weighted by Crippen LogP contribution is 2.51. The lowest BCUT2D eigenvalue weighted by molar-refractivity contribution is -0.185.